The molecule has 34 heavy (non-hydrogen) atoms. The molecule has 1 atom stereocenters. The number of nitrogens with zero attached hydrogens (tertiary/aromatic N) is 2. The average molecular weight is 492 g/mol. The maximum atomic E-state index is 13.2. The molecule has 0 spiro atoms. The fourth-order valence-corrected chi connectivity index (χ4v) is 3.57. The van der Waals surface area contributed by atoms with Gasteiger partial charge in [0.1, 0.15) is 11.8 Å². The Labute approximate surface area is 199 Å². The molecule has 0 heterocycles. The molecule has 0 aliphatic rings. The summed E-state index contributed by atoms with van der Waals surface area (Å²) in [5, 5.41) is 2.42. The molecule has 4 amide bonds. The van der Waals surface area contributed by atoms with Crippen molar-refractivity contribution in [2.24, 2.45) is 0 Å². The number of carbonyl (C=O) groups is 3. The Morgan fingerprint density at radius 1 is 0.971 bits per heavy atom. The number of hydrogen-bond donors (Lipinski definition) is 3. The summed E-state index contributed by atoms with van der Waals surface area (Å²) in [7, 11) is 1.68. The lowest BCUT2D eigenvalue weighted by Gasteiger charge is -2.25. The topological polar surface area (TPSA) is 137 Å². The van der Waals surface area contributed by atoms with Crippen LogP contribution in [0.3, 0.4) is 0 Å². The summed E-state index contributed by atoms with van der Waals surface area (Å²) in [6.07, 6.45) is 0.125. The van der Waals surface area contributed by atoms with E-state index in [0.29, 0.717) is 11.4 Å². The number of benzene rings is 2. The minimum Gasteiger partial charge on any atom is -0.497 e. The normalized spacial score (nSPS) is 11.8. The summed E-state index contributed by atoms with van der Waals surface area (Å²) in [5.41, 5.74) is 1.32. The Morgan fingerprint density at radius 3 is 2.15 bits per heavy atom. The minimum absolute atomic E-state index is 0.125. The summed E-state index contributed by atoms with van der Waals surface area (Å²) < 4.78 is 33.1. The number of carbonyl (C=O) groups excluding carboxylic acids is 3. The SMILES string of the molecule is COc1ccc(N(C)C(=O)C(Cc2ccccc2)NC(=O)NS(=O)(=O)NCC(=O)N(C)C)cc1. The lowest BCUT2D eigenvalue weighted by Crippen LogP contribution is -2.54. The average Bonchev–Trinajstić information content (AvgIpc) is 2.81. The summed E-state index contributed by atoms with van der Waals surface area (Å²) in [4.78, 5) is 39.9. The molecular formula is C22H29N5O6S. The van der Waals surface area contributed by atoms with Crippen molar-refractivity contribution in [2.75, 3.05) is 39.7 Å². The van der Waals surface area contributed by atoms with Crippen LogP contribution in [0.15, 0.2) is 54.6 Å². The Kier molecular flexibility index (Phi) is 9.39. The van der Waals surface area contributed by atoms with E-state index >= 15 is 0 Å². The van der Waals surface area contributed by atoms with Gasteiger partial charge < -0.3 is 19.9 Å². The van der Waals surface area contributed by atoms with Gasteiger partial charge in [-0.2, -0.15) is 13.1 Å². The van der Waals surface area contributed by atoms with Gasteiger partial charge in [-0.25, -0.2) is 9.52 Å². The summed E-state index contributed by atoms with van der Waals surface area (Å²) >= 11 is 0. The maximum Gasteiger partial charge on any atom is 0.330 e. The van der Waals surface area contributed by atoms with E-state index < -0.39 is 40.6 Å². The van der Waals surface area contributed by atoms with E-state index in [1.165, 1.54) is 31.0 Å². The Balaban J connectivity index is 2.15. The first-order valence-corrected chi connectivity index (χ1v) is 11.7. The van der Waals surface area contributed by atoms with Gasteiger partial charge in [-0.15, -0.1) is 0 Å². The number of urea groups is 1. The van der Waals surface area contributed by atoms with Gasteiger partial charge in [-0.3, -0.25) is 9.59 Å². The Hall–Kier alpha value is -3.64. The van der Waals surface area contributed by atoms with Gasteiger partial charge in [-0.05, 0) is 29.8 Å². The highest BCUT2D eigenvalue weighted by atomic mass is 32.2. The molecule has 0 radical (unpaired) electrons. The molecule has 2 rings (SSSR count). The van der Waals surface area contributed by atoms with Gasteiger partial charge in [0, 0.05) is 33.3 Å². The van der Waals surface area contributed by atoms with Crippen LogP contribution in [-0.2, 0) is 26.2 Å². The molecular weight excluding hydrogens is 462 g/mol. The number of likely N-dealkylation sites (N-methyl/N-ethyl adjacent to an activating group) is 2. The summed E-state index contributed by atoms with van der Waals surface area (Å²) in [5.74, 6) is -0.338. The van der Waals surface area contributed by atoms with Crippen molar-refractivity contribution in [1.29, 1.82) is 0 Å². The van der Waals surface area contributed by atoms with E-state index in [-0.39, 0.29) is 6.42 Å². The monoisotopic (exact) mass is 491 g/mol. The van der Waals surface area contributed by atoms with Crippen molar-refractivity contribution < 1.29 is 27.5 Å². The molecule has 0 saturated heterocycles. The second-order valence-corrected chi connectivity index (χ2v) is 9.03. The molecule has 11 nitrogen and oxygen atoms in total. The molecule has 12 heteroatoms. The highest BCUT2D eigenvalue weighted by molar-refractivity contribution is 7.88. The number of anilines is 1. The first kappa shape index (κ1) is 26.6. The third-order valence-corrected chi connectivity index (χ3v) is 5.79. The van der Waals surface area contributed by atoms with Gasteiger partial charge >= 0.3 is 16.2 Å². The van der Waals surface area contributed by atoms with Crippen molar-refractivity contribution in [3.63, 3.8) is 0 Å². The van der Waals surface area contributed by atoms with Crippen LogP contribution in [0.5, 0.6) is 5.75 Å². The molecule has 0 aliphatic carbocycles. The van der Waals surface area contributed by atoms with Gasteiger partial charge in [0.05, 0.1) is 13.7 Å². The molecule has 2 aromatic carbocycles. The predicted molar refractivity (Wildman–Crippen MR) is 128 cm³/mol. The number of ether oxygens (including phenoxy) is 1. The minimum atomic E-state index is -4.33. The van der Waals surface area contributed by atoms with Crippen LogP contribution in [0.1, 0.15) is 5.56 Å². The molecule has 0 fully saturated rings. The van der Waals surface area contributed by atoms with E-state index in [9.17, 15) is 22.8 Å². The molecule has 2 aromatic rings. The van der Waals surface area contributed by atoms with Crippen LogP contribution in [-0.4, -0.2) is 72.0 Å². The largest absolute Gasteiger partial charge is 0.497 e. The first-order valence-electron chi connectivity index (χ1n) is 10.3. The number of hydrogen-bond acceptors (Lipinski definition) is 6. The van der Waals surface area contributed by atoms with E-state index in [1.807, 2.05) is 10.8 Å². The number of amides is 4. The quantitative estimate of drug-likeness (QED) is 0.442. The Morgan fingerprint density at radius 2 is 1.59 bits per heavy atom. The van der Waals surface area contributed by atoms with Crippen molar-refractivity contribution in [1.82, 2.24) is 19.7 Å². The zero-order chi connectivity index (χ0) is 25.3. The van der Waals surface area contributed by atoms with Crippen LogP contribution in [0.4, 0.5) is 10.5 Å². The van der Waals surface area contributed by atoms with E-state index in [2.05, 4.69) is 5.32 Å². The van der Waals surface area contributed by atoms with Crippen LogP contribution >= 0.6 is 0 Å². The lowest BCUT2D eigenvalue weighted by atomic mass is 10.0. The third kappa shape index (κ3) is 8.05. The van der Waals surface area contributed by atoms with Crippen LogP contribution in [0.25, 0.3) is 0 Å². The molecule has 184 valence electrons. The first-order chi connectivity index (χ1) is 16.0. The van der Waals surface area contributed by atoms with E-state index in [0.717, 1.165) is 5.56 Å². The second kappa shape index (κ2) is 12.0. The molecule has 1 unspecified atom stereocenters. The molecule has 0 saturated carbocycles. The fourth-order valence-electron chi connectivity index (χ4n) is 2.88. The predicted octanol–water partition coefficient (Wildman–Crippen LogP) is 0.491. The van der Waals surface area contributed by atoms with Gasteiger partial charge in [0.2, 0.25) is 11.8 Å². The van der Waals surface area contributed by atoms with E-state index in [4.69, 9.17) is 4.74 Å². The smallest absolute Gasteiger partial charge is 0.330 e. The van der Waals surface area contributed by atoms with Crippen LogP contribution in [0.2, 0.25) is 0 Å². The summed E-state index contributed by atoms with van der Waals surface area (Å²) in [6, 6.07) is 13.6. The fraction of sp³-hybridized carbons (Fsp3) is 0.318. The van der Waals surface area contributed by atoms with Crippen molar-refractivity contribution in [2.45, 2.75) is 12.5 Å². The van der Waals surface area contributed by atoms with E-state index in [1.54, 1.807) is 60.3 Å². The standard InChI is InChI=1S/C22H29N5O6S/c1-26(2)20(28)15-23-34(31,32)25-22(30)24-19(14-16-8-6-5-7-9-16)21(29)27(3)17-10-12-18(33-4)13-11-17/h5-13,19,23H,14-15H2,1-4H3,(H2,24,25,30). The highest BCUT2D eigenvalue weighted by Crippen LogP contribution is 2.19. The molecule has 0 aliphatic heterocycles. The molecule has 3 N–H and O–H groups in total. The Bertz CT molecular complexity index is 1090. The number of rotatable bonds is 10. The molecule has 0 aromatic heterocycles. The van der Waals surface area contributed by atoms with Crippen molar-refractivity contribution in [3.8, 4) is 5.75 Å². The highest BCUT2D eigenvalue weighted by Gasteiger charge is 2.27. The van der Waals surface area contributed by atoms with Gasteiger partial charge in [0.15, 0.2) is 0 Å². The summed E-state index contributed by atoms with van der Waals surface area (Å²) in [6.45, 7) is -0.526. The van der Waals surface area contributed by atoms with Crippen molar-refractivity contribution >= 4 is 33.7 Å². The van der Waals surface area contributed by atoms with Gasteiger partial charge in [0.25, 0.3) is 0 Å². The molecule has 0 bridgehead atoms. The maximum absolute atomic E-state index is 13.2. The third-order valence-electron chi connectivity index (χ3n) is 4.82. The zero-order valence-electron chi connectivity index (χ0n) is 19.4. The van der Waals surface area contributed by atoms with Crippen LogP contribution < -0.4 is 24.4 Å². The van der Waals surface area contributed by atoms with Crippen molar-refractivity contribution in [3.05, 3.63) is 60.2 Å². The number of nitrogens with one attached hydrogen (secondary N) is 3. The second-order valence-electron chi connectivity index (χ2n) is 7.53. The lowest BCUT2D eigenvalue weighted by molar-refractivity contribution is -0.127. The number of methoxy groups -OCH3 is 1. The zero-order valence-corrected chi connectivity index (χ0v) is 20.3. The van der Waals surface area contributed by atoms with Gasteiger partial charge in [-0.1, -0.05) is 30.3 Å². The van der Waals surface area contributed by atoms with Crippen LogP contribution in [0, 0.1) is 0 Å².